The predicted molar refractivity (Wildman–Crippen MR) is 62.8 cm³/mol. The van der Waals surface area contributed by atoms with Crippen LogP contribution in [0.1, 0.15) is 20.3 Å². The molecular weight excluding hydrogens is 176 g/mol. The fourth-order valence-corrected chi connectivity index (χ4v) is 1.09. The van der Waals surface area contributed by atoms with Crippen LogP contribution >= 0.6 is 0 Å². The molecule has 0 saturated heterocycles. The van der Waals surface area contributed by atoms with Gasteiger partial charge in [0.1, 0.15) is 0 Å². The molecule has 0 aromatic heterocycles. The van der Waals surface area contributed by atoms with Crippen molar-refractivity contribution in [2.24, 2.45) is 4.99 Å². The van der Waals surface area contributed by atoms with E-state index in [2.05, 4.69) is 48.5 Å². The lowest BCUT2D eigenvalue weighted by Crippen LogP contribution is -2.37. The monoisotopic (exact) mass is 200 g/mol. The fourth-order valence-electron chi connectivity index (χ4n) is 1.09. The van der Waals surface area contributed by atoms with Gasteiger partial charge in [-0.3, -0.25) is 4.99 Å². The van der Waals surface area contributed by atoms with Gasteiger partial charge in [-0.25, -0.2) is 0 Å². The van der Waals surface area contributed by atoms with Crippen LogP contribution in [0.25, 0.3) is 0 Å². The zero-order valence-electron chi connectivity index (χ0n) is 9.93. The number of hydrogen-bond acceptors (Lipinski definition) is 2. The molecule has 0 heterocycles. The van der Waals surface area contributed by atoms with Crippen molar-refractivity contribution in [2.45, 2.75) is 20.3 Å². The Hall–Kier alpha value is -0.770. The van der Waals surface area contributed by atoms with E-state index in [1.165, 1.54) is 0 Å². The molecule has 0 bridgehead atoms. The van der Waals surface area contributed by atoms with Crippen molar-refractivity contribution < 1.29 is 0 Å². The summed E-state index contributed by atoms with van der Waals surface area (Å²) in [5.74, 6) is 0.925. The van der Waals surface area contributed by atoms with E-state index in [-0.39, 0.29) is 0 Å². The number of hydrogen-bond donors (Lipinski definition) is 2. The molecule has 14 heavy (non-hydrogen) atoms. The predicted octanol–water partition coefficient (Wildman–Crippen LogP) is 0.513. The van der Waals surface area contributed by atoms with Crippen molar-refractivity contribution in [2.75, 3.05) is 40.3 Å². The quantitative estimate of drug-likeness (QED) is 0.373. The first-order chi connectivity index (χ1) is 6.70. The fraction of sp³-hybridized carbons (Fsp3) is 0.900. The molecule has 0 aliphatic rings. The van der Waals surface area contributed by atoms with Crippen LogP contribution in [0.2, 0.25) is 0 Å². The van der Waals surface area contributed by atoms with E-state index in [0.29, 0.717) is 0 Å². The van der Waals surface area contributed by atoms with Gasteiger partial charge in [0, 0.05) is 19.6 Å². The molecule has 0 saturated carbocycles. The summed E-state index contributed by atoms with van der Waals surface area (Å²) in [5.41, 5.74) is 0. The molecule has 0 spiro atoms. The maximum atomic E-state index is 4.44. The Bertz CT molecular complexity index is 146. The molecule has 0 aliphatic carbocycles. The van der Waals surface area contributed by atoms with Crippen LogP contribution < -0.4 is 10.6 Å². The summed E-state index contributed by atoms with van der Waals surface area (Å²) in [6.07, 6.45) is 1.10. The highest BCUT2D eigenvalue weighted by Gasteiger charge is 1.93. The zero-order chi connectivity index (χ0) is 10.8. The number of rotatable bonds is 6. The van der Waals surface area contributed by atoms with Gasteiger partial charge in [0.25, 0.3) is 0 Å². The Morgan fingerprint density at radius 2 is 1.71 bits per heavy atom. The van der Waals surface area contributed by atoms with Crippen LogP contribution in [-0.4, -0.2) is 51.1 Å². The normalized spacial score (nSPS) is 10.1. The Morgan fingerprint density at radius 1 is 1.14 bits per heavy atom. The van der Waals surface area contributed by atoms with Crippen molar-refractivity contribution in [1.82, 2.24) is 15.5 Å². The van der Waals surface area contributed by atoms with Crippen LogP contribution in [0.4, 0.5) is 0 Å². The van der Waals surface area contributed by atoms with Gasteiger partial charge in [0.2, 0.25) is 0 Å². The molecule has 84 valence electrons. The number of guanidine groups is 1. The number of nitrogens with zero attached hydrogens (tertiary/aromatic N) is 2. The molecule has 2 N–H and O–H groups in total. The highest BCUT2D eigenvalue weighted by atomic mass is 15.2. The summed E-state index contributed by atoms with van der Waals surface area (Å²) in [4.78, 5) is 6.62. The first kappa shape index (κ1) is 13.2. The average molecular weight is 200 g/mol. The molecule has 0 aromatic rings. The largest absolute Gasteiger partial charge is 0.357 e. The second-order valence-corrected chi connectivity index (χ2v) is 3.45. The molecule has 0 rings (SSSR count). The van der Waals surface area contributed by atoms with E-state index < -0.39 is 0 Å². The Morgan fingerprint density at radius 3 is 2.14 bits per heavy atom. The molecule has 0 atom stereocenters. The van der Waals surface area contributed by atoms with Gasteiger partial charge in [0.05, 0.1) is 0 Å². The maximum absolute atomic E-state index is 4.44. The van der Waals surface area contributed by atoms with Crippen molar-refractivity contribution in [1.29, 1.82) is 0 Å². The Balaban J connectivity index is 3.66. The van der Waals surface area contributed by atoms with Crippen molar-refractivity contribution >= 4 is 5.96 Å². The molecule has 0 radical (unpaired) electrons. The van der Waals surface area contributed by atoms with E-state index >= 15 is 0 Å². The third-order valence-electron chi connectivity index (χ3n) is 1.72. The third-order valence-corrected chi connectivity index (χ3v) is 1.72. The van der Waals surface area contributed by atoms with Gasteiger partial charge in [0.15, 0.2) is 5.96 Å². The summed E-state index contributed by atoms with van der Waals surface area (Å²) in [6, 6.07) is 0. The first-order valence-electron chi connectivity index (χ1n) is 5.37. The molecule has 0 aliphatic heterocycles. The van der Waals surface area contributed by atoms with Crippen molar-refractivity contribution in [3.63, 3.8) is 0 Å². The van der Waals surface area contributed by atoms with Crippen LogP contribution in [0.15, 0.2) is 4.99 Å². The standard InChI is InChI=1S/C10H24N4/c1-5-11-10(12-6-2)13-8-7-9-14(3)4/h5-9H2,1-4H3,(H2,11,12,13). The molecule has 4 nitrogen and oxygen atoms in total. The molecule has 0 amide bonds. The summed E-state index contributed by atoms with van der Waals surface area (Å²) in [6.45, 7) is 7.96. The van der Waals surface area contributed by atoms with Gasteiger partial charge in [-0.2, -0.15) is 0 Å². The number of nitrogens with one attached hydrogen (secondary N) is 2. The van der Waals surface area contributed by atoms with Crippen LogP contribution in [0.5, 0.6) is 0 Å². The second kappa shape index (κ2) is 8.81. The molecular formula is C10H24N4. The van der Waals surface area contributed by atoms with E-state index in [9.17, 15) is 0 Å². The zero-order valence-corrected chi connectivity index (χ0v) is 9.93. The van der Waals surface area contributed by atoms with Gasteiger partial charge < -0.3 is 15.5 Å². The van der Waals surface area contributed by atoms with E-state index in [4.69, 9.17) is 0 Å². The lowest BCUT2D eigenvalue weighted by molar-refractivity contribution is 0.403. The van der Waals surface area contributed by atoms with E-state index in [0.717, 1.165) is 38.6 Å². The first-order valence-corrected chi connectivity index (χ1v) is 5.37. The minimum absolute atomic E-state index is 0.882. The molecule has 4 heteroatoms. The van der Waals surface area contributed by atoms with Gasteiger partial charge in [-0.05, 0) is 40.9 Å². The van der Waals surface area contributed by atoms with E-state index in [1.54, 1.807) is 0 Å². The van der Waals surface area contributed by atoms with Crippen molar-refractivity contribution in [3.05, 3.63) is 0 Å². The van der Waals surface area contributed by atoms with Crippen molar-refractivity contribution in [3.8, 4) is 0 Å². The lowest BCUT2D eigenvalue weighted by Gasteiger charge is -2.10. The summed E-state index contributed by atoms with van der Waals surface area (Å²) < 4.78 is 0. The molecule has 0 unspecified atom stereocenters. The summed E-state index contributed by atoms with van der Waals surface area (Å²) >= 11 is 0. The topological polar surface area (TPSA) is 39.7 Å². The van der Waals surface area contributed by atoms with Crippen LogP contribution in [-0.2, 0) is 0 Å². The van der Waals surface area contributed by atoms with Gasteiger partial charge in [-0.1, -0.05) is 0 Å². The number of aliphatic imine (C=N–C) groups is 1. The third kappa shape index (κ3) is 7.86. The maximum Gasteiger partial charge on any atom is 0.191 e. The van der Waals surface area contributed by atoms with E-state index in [1.807, 2.05) is 0 Å². The Kier molecular flexibility index (Phi) is 8.33. The van der Waals surface area contributed by atoms with Gasteiger partial charge >= 0.3 is 0 Å². The minimum atomic E-state index is 0.882. The van der Waals surface area contributed by atoms with Crippen LogP contribution in [0, 0.1) is 0 Å². The summed E-state index contributed by atoms with van der Waals surface area (Å²) in [5, 5.41) is 6.39. The summed E-state index contributed by atoms with van der Waals surface area (Å²) in [7, 11) is 4.17. The highest BCUT2D eigenvalue weighted by molar-refractivity contribution is 5.79. The second-order valence-electron chi connectivity index (χ2n) is 3.45. The Labute approximate surface area is 87.8 Å². The van der Waals surface area contributed by atoms with Gasteiger partial charge in [-0.15, -0.1) is 0 Å². The molecule has 0 aromatic carbocycles. The molecule has 0 fully saturated rings. The SMILES string of the molecule is CCNC(=NCCCN(C)C)NCC. The highest BCUT2D eigenvalue weighted by Crippen LogP contribution is 1.84. The lowest BCUT2D eigenvalue weighted by atomic mass is 10.4. The minimum Gasteiger partial charge on any atom is -0.357 e. The van der Waals surface area contributed by atoms with Crippen LogP contribution in [0.3, 0.4) is 0 Å². The smallest absolute Gasteiger partial charge is 0.191 e. The average Bonchev–Trinajstić information content (AvgIpc) is 2.12.